The Balaban J connectivity index is 2.72. The van der Waals surface area contributed by atoms with E-state index in [-0.39, 0.29) is 23.1 Å². The van der Waals surface area contributed by atoms with Gasteiger partial charge in [-0.05, 0) is 25.2 Å². The zero-order valence-corrected chi connectivity index (χ0v) is 13.5. The number of nitrogens with zero attached hydrogens (tertiary/aromatic N) is 1. The summed E-state index contributed by atoms with van der Waals surface area (Å²) in [7, 11) is 1.64. The molecule has 0 aromatic heterocycles. The highest BCUT2D eigenvalue weighted by Crippen LogP contribution is 2.32. The lowest BCUT2D eigenvalue weighted by Crippen LogP contribution is -2.43. The lowest BCUT2D eigenvalue weighted by Gasteiger charge is -2.29. The summed E-state index contributed by atoms with van der Waals surface area (Å²) in [5, 5.41) is 2.69. The van der Waals surface area contributed by atoms with Crippen molar-refractivity contribution < 1.29 is 9.59 Å². The second-order valence-electron chi connectivity index (χ2n) is 7.35. The molecule has 1 aliphatic heterocycles. The van der Waals surface area contributed by atoms with Crippen molar-refractivity contribution in [2.45, 2.75) is 40.5 Å². The van der Waals surface area contributed by atoms with Gasteiger partial charge in [-0.25, -0.2) is 0 Å². The Bertz CT molecular complexity index is 376. The van der Waals surface area contributed by atoms with Crippen LogP contribution in [0, 0.1) is 16.7 Å². The number of carbonyl (C=O) groups excluding carboxylic acids is 2. The standard InChI is InChI=1S/C15H29N3O2/c1-14(2,3)8-11(9-16)12(19)18-7-6-15(4,10-18)13(20)17-5/h11H,6-10,16H2,1-5H3,(H,17,20). The molecule has 0 bridgehead atoms. The van der Waals surface area contributed by atoms with Crippen LogP contribution in [0.25, 0.3) is 0 Å². The molecule has 5 heteroatoms. The fourth-order valence-corrected chi connectivity index (χ4v) is 2.91. The predicted molar refractivity (Wildman–Crippen MR) is 80.0 cm³/mol. The van der Waals surface area contributed by atoms with Gasteiger partial charge in [0, 0.05) is 26.7 Å². The Morgan fingerprint density at radius 2 is 2.00 bits per heavy atom. The molecule has 1 fully saturated rings. The highest BCUT2D eigenvalue weighted by molar-refractivity contribution is 5.85. The largest absolute Gasteiger partial charge is 0.359 e. The van der Waals surface area contributed by atoms with Gasteiger partial charge in [0.05, 0.1) is 11.3 Å². The Kier molecular flexibility index (Phi) is 5.19. The lowest BCUT2D eigenvalue weighted by atomic mass is 9.84. The number of amides is 2. The van der Waals surface area contributed by atoms with Gasteiger partial charge in [-0.15, -0.1) is 0 Å². The summed E-state index contributed by atoms with van der Waals surface area (Å²) in [6.45, 7) is 9.75. The fraction of sp³-hybridized carbons (Fsp3) is 0.867. The minimum atomic E-state index is -0.467. The van der Waals surface area contributed by atoms with E-state index in [9.17, 15) is 9.59 Å². The number of hydrogen-bond acceptors (Lipinski definition) is 3. The summed E-state index contributed by atoms with van der Waals surface area (Å²) in [5.74, 6) is -0.0509. The van der Waals surface area contributed by atoms with Gasteiger partial charge in [0.1, 0.15) is 0 Å². The van der Waals surface area contributed by atoms with Crippen molar-refractivity contribution >= 4 is 11.8 Å². The highest BCUT2D eigenvalue weighted by Gasteiger charge is 2.42. The quantitative estimate of drug-likeness (QED) is 0.807. The normalized spacial score (nSPS) is 24.6. The first-order valence-electron chi connectivity index (χ1n) is 7.34. The molecule has 0 aliphatic carbocycles. The summed E-state index contributed by atoms with van der Waals surface area (Å²) in [4.78, 5) is 26.3. The van der Waals surface area contributed by atoms with Crippen molar-refractivity contribution in [1.29, 1.82) is 0 Å². The van der Waals surface area contributed by atoms with Crippen LogP contribution in [0.1, 0.15) is 40.5 Å². The molecule has 5 nitrogen and oxygen atoms in total. The van der Waals surface area contributed by atoms with E-state index in [0.29, 0.717) is 26.1 Å². The number of nitrogens with two attached hydrogens (primary N) is 1. The van der Waals surface area contributed by atoms with E-state index in [0.717, 1.165) is 6.42 Å². The average Bonchev–Trinajstić information content (AvgIpc) is 2.77. The third-order valence-electron chi connectivity index (χ3n) is 4.05. The average molecular weight is 283 g/mol. The van der Waals surface area contributed by atoms with Crippen LogP contribution in [0.3, 0.4) is 0 Å². The Morgan fingerprint density at radius 3 is 2.45 bits per heavy atom. The molecule has 116 valence electrons. The van der Waals surface area contributed by atoms with Crippen molar-refractivity contribution in [1.82, 2.24) is 10.2 Å². The van der Waals surface area contributed by atoms with Crippen LogP contribution in [0.15, 0.2) is 0 Å². The Hall–Kier alpha value is -1.10. The van der Waals surface area contributed by atoms with Gasteiger partial charge in [0.2, 0.25) is 11.8 Å². The van der Waals surface area contributed by atoms with Crippen LogP contribution in [-0.2, 0) is 9.59 Å². The maximum absolute atomic E-state index is 12.6. The molecule has 1 saturated heterocycles. The number of hydrogen-bond donors (Lipinski definition) is 2. The molecular formula is C15H29N3O2. The zero-order valence-electron chi connectivity index (χ0n) is 13.5. The molecule has 0 aromatic carbocycles. The molecule has 1 heterocycles. The van der Waals surface area contributed by atoms with E-state index >= 15 is 0 Å². The van der Waals surface area contributed by atoms with Crippen LogP contribution >= 0.6 is 0 Å². The highest BCUT2D eigenvalue weighted by atomic mass is 16.2. The van der Waals surface area contributed by atoms with Crippen LogP contribution in [-0.4, -0.2) is 43.4 Å². The predicted octanol–water partition coefficient (Wildman–Crippen LogP) is 0.982. The lowest BCUT2D eigenvalue weighted by molar-refractivity contribution is -0.136. The number of rotatable bonds is 4. The van der Waals surface area contributed by atoms with Crippen LogP contribution in [0.5, 0.6) is 0 Å². The number of carbonyl (C=O) groups is 2. The minimum absolute atomic E-state index is 0.00733. The van der Waals surface area contributed by atoms with Crippen molar-refractivity contribution in [3.8, 4) is 0 Å². The summed E-state index contributed by atoms with van der Waals surface area (Å²) in [5.41, 5.74) is 5.38. The number of likely N-dealkylation sites (tertiary alicyclic amines) is 1. The van der Waals surface area contributed by atoms with Gasteiger partial charge in [0.25, 0.3) is 0 Å². The zero-order chi connectivity index (χ0) is 15.6. The maximum atomic E-state index is 12.6. The first-order valence-corrected chi connectivity index (χ1v) is 7.34. The van der Waals surface area contributed by atoms with E-state index < -0.39 is 5.41 Å². The third kappa shape index (κ3) is 3.95. The maximum Gasteiger partial charge on any atom is 0.227 e. The van der Waals surface area contributed by atoms with Gasteiger partial charge in [-0.2, -0.15) is 0 Å². The number of nitrogens with one attached hydrogen (secondary N) is 1. The molecule has 1 aliphatic rings. The molecule has 2 atom stereocenters. The molecule has 0 aromatic rings. The van der Waals surface area contributed by atoms with Crippen molar-refractivity contribution in [3.05, 3.63) is 0 Å². The molecule has 0 radical (unpaired) electrons. The van der Waals surface area contributed by atoms with Gasteiger partial charge < -0.3 is 16.0 Å². The Morgan fingerprint density at radius 1 is 1.40 bits per heavy atom. The van der Waals surface area contributed by atoms with Crippen LogP contribution < -0.4 is 11.1 Å². The Labute approximate surface area is 122 Å². The molecule has 20 heavy (non-hydrogen) atoms. The smallest absolute Gasteiger partial charge is 0.227 e. The van der Waals surface area contributed by atoms with Crippen LogP contribution in [0.2, 0.25) is 0 Å². The van der Waals surface area contributed by atoms with Gasteiger partial charge in [-0.3, -0.25) is 9.59 Å². The van der Waals surface area contributed by atoms with E-state index in [1.165, 1.54) is 0 Å². The fourth-order valence-electron chi connectivity index (χ4n) is 2.91. The summed E-state index contributed by atoms with van der Waals surface area (Å²) >= 11 is 0. The van der Waals surface area contributed by atoms with Crippen molar-refractivity contribution in [2.24, 2.45) is 22.5 Å². The summed E-state index contributed by atoms with van der Waals surface area (Å²) < 4.78 is 0. The molecule has 3 N–H and O–H groups in total. The molecule has 0 saturated carbocycles. The van der Waals surface area contributed by atoms with Crippen molar-refractivity contribution in [2.75, 3.05) is 26.7 Å². The first-order chi connectivity index (χ1) is 9.13. The van der Waals surface area contributed by atoms with Gasteiger partial charge >= 0.3 is 0 Å². The first kappa shape index (κ1) is 17.0. The minimum Gasteiger partial charge on any atom is -0.359 e. The summed E-state index contributed by atoms with van der Waals surface area (Å²) in [6.07, 6.45) is 1.49. The van der Waals surface area contributed by atoms with Gasteiger partial charge in [0.15, 0.2) is 0 Å². The SMILES string of the molecule is CNC(=O)C1(C)CCN(C(=O)C(CN)CC(C)(C)C)C1. The van der Waals surface area contributed by atoms with Crippen molar-refractivity contribution in [3.63, 3.8) is 0 Å². The van der Waals surface area contributed by atoms with E-state index in [1.807, 2.05) is 6.92 Å². The molecule has 1 rings (SSSR count). The molecule has 2 amide bonds. The van der Waals surface area contributed by atoms with E-state index in [2.05, 4.69) is 26.1 Å². The topological polar surface area (TPSA) is 75.4 Å². The van der Waals surface area contributed by atoms with Crippen LogP contribution in [0.4, 0.5) is 0 Å². The molecular weight excluding hydrogens is 254 g/mol. The second-order valence-corrected chi connectivity index (χ2v) is 7.35. The monoisotopic (exact) mass is 283 g/mol. The molecule has 2 unspecified atom stereocenters. The summed E-state index contributed by atoms with van der Waals surface area (Å²) in [6, 6.07) is 0. The second kappa shape index (κ2) is 6.12. The third-order valence-corrected chi connectivity index (χ3v) is 4.05. The van der Waals surface area contributed by atoms with E-state index in [1.54, 1.807) is 11.9 Å². The van der Waals surface area contributed by atoms with E-state index in [4.69, 9.17) is 5.73 Å². The van der Waals surface area contributed by atoms with Gasteiger partial charge in [-0.1, -0.05) is 20.8 Å². The molecule has 0 spiro atoms.